The molecule has 126 valence electrons. The number of benzene rings is 1. The molecule has 1 aliphatic heterocycles. The van der Waals surface area contributed by atoms with E-state index in [-0.39, 0.29) is 18.7 Å². The molecule has 6 heteroatoms. The van der Waals surface area contributed by atoms with Gasteiger partial charge in [0.1, 0.15) is 0 Å². The smallest absolute Gasteiger partial charge is 0.232 e. The van der Waals surface area contributed by atoms with Gasteiger partial charge in [-0.3, -0.25) is 4.79 Å². The molecule has 2 heterocycles. The maximum atomic E-state index is 12.6. The van der Waals surface area contributed by atoms with Crippen LogP contribution >= 0.6 is 0 Å². The van der Waals surface area contributed by atoms with Gasteiger partial charge in [-0.25, -0.2) is 0 Å². The Labute approximate surface area is 140 Å². The second kappa shape index (κ2) is 5.54. The van der Waals surface area contributed by atoms with Gasteiger partial charge in [0.05, 0.1) is 11.1 Å². The number of rotatable bonds is 5. The van der Waals surface area contributed by atoms with E-state index in [1.54, 1.807) is 0 Å². The summed E-state index contributed by atoms with van der Waals surface area (Å²) in [5.74, 6) is 2.10. The van der Waals surface area contributed by atoms with Crippen LogP contribution in [0.1, 0.15) is 38.8 Å². The molecule has 1 fully saturated rings. The van der Waals surface area contributed by atoms with Crippen molar-refractivity contribution in [1.29, 1.82) is 0 Å². The Morgan fingerprint density at radius 2 is 2.08 bits per heavy atom. The average molecular weight is 328 g/mol. The molecule has 0 saturated heterocycles. The van der Waals surface area contributed by atoms with Gasteiger partial charge in [0.15, 0.2) is 17.3 Å². The summed E-state index contributed by atoms with van der Waals surface area (Å²) in [5.41, 5.74) is 1.04. The second-order valence-corrected chi connectivity index (χ2v) is 6.51. The molecule has 24 heavy (non-hydrogen) atoms. The number of ether oxygens (including phenoxy) is 2. The summed E-state index contributed by atoms with van der Waals surface area (Å²) in [6.45, 7) is 4.30. The van der Waals surface area contributed by atoms with Crippen LogP contribution in [0.5, 0.6) is 11.5 Å². The standard InChI is InChI=1S/C18H20N2O4/c1-3-11(2)19-17(21)18(6-7-18)16-9-14(24-20-16)12-4-5-13-15(8-12)23-10-22-13/h4-5,8-9,11H,3,6-7,10H2,1-2H3,(H,19,21). The molecule has 2 aliphatic rings. The predicted octanol–water partition coefficient (Wildman–Crippen LogP) is 3.02. The van der Waals surface area contributed by atoms with Crippen molar-refractivity contribution >= 4 is 5.91 Å². The van der Waals surface area contributed by atoms with Gasteiger partial charge >= 0.3 is 0 Å². The molecule has 6 nitrogen and oxygen atoms in total. The second-order valence-electron chi connectivity index (χ2n) is 6.51. The minimum atomic E-state index is -0.526. The lowest BCUT2D eigenvalue weighted by Crippen LogP contribution is -2.40. The first-order chi connectivity index (χ1) is 11.6. The molecule has 1 unspecified atom stereocenters. The molecule has 1 N–H and O–H groups in total. The Bertz CT molecular complexity index is 779. The summed E-state index contributed by atoms with van der Waals surface area (Å²) >= 11 is 0. The highest BCUT2D eigenvalue weighted by molar-refractivity contribution is 5.91. The zero-order chi connectivity index (χ0) is 16.7. The Morgan fingerprint density at radius 3 is 2.83 bits per heavy atom. The lowest BCUT2D eigenvalue weighted by Gasteiger charge is -2.16. The van der Waals surface area contributed by atoms with Crippen LogP contribution in [0.25, 0.3) is 11.3 Å². The molecule has 1 saturated carbocycles. The van der Waals surface area contributed by atoms with Crippen molar-refractivity contribution in [2.24, 2.45) is 0 Å². The van der Waals surface area contributed by atoms with Crippen LogP contribution in [0.2, 0.25) is 0 Å². The molecule has 1 aromatic carbocycles. The Kier molecular flexibility index (Phi) is 3.48. The minimum absolute atomic E-state index is 0.0439. The summed E-state index contributed by atoms with van der Waals surface area (Å²) in [6, 6.07) is 7.64. The number of carbonyl (C=O) groups excluding carboxylic acids is 1. The largest absolute Gasteiger partial charge is 0.454 e. The van der Waals surface area contributed by atoms with E-state index in [4.69, 9.17) is 14.0 Å². The molecule has 0 radical (unpaired) electrons. The quantitative estimate of drug-likeness (QED) is 0.913. The molecule has 0 bridgehead atoms. The third kappa shape index (κ3) is 2.42. The average Bonchev–Trinajstić information content (AvgIpc) is 3.05. The van der Waals surface area contributed by atoms with Crippen molar-refractivity contribution < 1.29 is 18.8 Å². The number of carbonyl (C=O) groups is 1. The molecule has 1 atom stereocenters. The molecule has 0 spiro atoms. The first-order valence-electron chi connectivity index (χ1n) is 8.30. The predicted molar refractivity (Wildman–Crippen MR) is 86.9 cm³/mol. The first kappa shape index (κ1) is 15.1. The Hall–Kier alpha value is -2.50. The molecular formula is C18H20N2O4. The van der Waals surface area contributed by atoms with Crippen LogP contribution in [0, 0.1) is 0 Å². The fourth-order valence-corrected chi connectivity index (χ4v) is 2.88. The van der Waals surface area contributed by atoms with Crippen LogP contribution < -0.4 is 14.8 Å². The first-order valence-corrected chi connectivity index (χ1v) is 8.30. The highest BCUT2D eigenvalue weighted by Gasteiger charge is 2.54. The van der Waals surface area contributed by atoms with E-state index in [0.29, 0.717) is 17.2 Å². The fraction of sp³-hybridized carbons (Fsp3) is 0.444. The number of fused-ring (bicyclic) bond motifs is 1. The Balaban J connectivity index is 1.58. The van der Waals surface area contributed by atoms with Gasteiger partial charge in [0.25, 0.3) is 0 Å². The van der Waals surface area contributed by atoms with Crippen molar-refractivity contribution in [3.63, 3.8) is 0 Å². The lowest BCUT2D eigenvalue weighted by molar-refractivity contribution is -0.124. The maximum Gasteiger partial charge on any atom is 0.232 e. The summed E-state index contributed by atoms with van der Waals surface area (Å²) < 4.78 is 16.2. The van der Waals surface area contributed by atoms with E-state index in [2.05, 4.69) is 17.4 Å². The van der Waals surface area contributed by atoms with Crippen molar-refractivity contribution in [3.8, 4) is 22.8 Å². The minimum Gasteiger partial charge on any atom is -0.454 e. The normalized spacial score (nSPS) is 18.2. The van der Waals surface area contributed by atoms with Gasteiger partial charge in [-0.1, -0.05) is 12.1 Å². The number of amides is 1. The SMILES string of the molecule is CCC(C)NC(=O)C1(c2cc(-c3ccc4c(c3)OCO4)on2)CC1. The summed E-state index contributed by atoms with van der Waals surface area (Å²) in [4.78, 5) is 12.6. The van der Waals surface area contributed by atoms with E-state index in [9.17, 15) is 4.79 Å². The topological polar surface area (TPSA) is 73.6 Å². The number of nitrogens with one attached hydrogen (secondary N) is 1. The van der Waals surface area contributed by atoms with E-state index >= 15 is 0 Å². The van der Waals surface area contributed by atoms with Crippen molar-refractivity contribution in [2.75, 3.05) is 6.79 Å². The molecule has 4 rings (SSSR count). The number of hydrogen-bond donors (Lipinski definition) is 1. The fourth-order valence-electron chi connectivity index (χ4n) is 2.88. The number of hydrogen-bond acceptors (Lipinski definition) is 5. The van der Waals surface area contributed by atoms with Gasteiger partial charge in [-0.15, -0.1) is 0 Å². The van der Waals surface area contributed by atoms with Crippen molar-refractivity contribution in [1.82, 2.24) is 10.5 Å². The van der Waals surface area contributed by atoms with Gasteiger partial charge in [0, 0.05) is 17.7 Å². The third-order valence-electron chi connectivity index (χ3n) is 4.83. The molecular weight excluding hydrogens is 308 g/mol. The third-order valence-corrected chi connectivity index (χ3v) is 4.83. The summed E-state index contributed by atoms with van der Waals surface area (Å²) in [6.07, 6.45) is 2.52. The van der Waals surface area contributed by atoms with Gasteiger partial charge in [-0.05, 0) is 44.4 Å². The Morgan fingerprint density at radius 1 is 1.29 bits per heavy atom. The monoisotopic (exact) mass is 328 g/mol. The van der Waals surface area contributed by atoms with Gasteiger partial charge in [-0.2, -0.15) is 0 Å². The van der Waals surface area contributed by atoms with Gasteiger partial charge in [0.2, 0.25) is 12.7 Å². The maximum absolute atomic E-state index is 12.6. The van der Waals surface area contributed by atoms with Crippen LogP contribution in [0.4, 0.5) is 0 Å². The van der Waals surface area contributed by atoms with E-state index in [0.717, 1.165) is 30.6 Å². The van der Waals surface area contributed by atoms with E-state index < -0.39 is 5.41 Å². The zero-order valence-electron chi connectivity index (χ0n) is 13.8. The summed E-state index contributed by atoms with van der Waals surface area (Å²) in [7, 11) is 0. The highest BCUT2D eigenvalue weighted by Crippen LogP contribution is 2.49. The lowest BCUT2D eigenvalue weighted by atomic mass is 9.99. The number of nitrogens with zero attached hydrogens (tertiary/aromatic N) is 1. The van der Waals surface area contributed by atoms with Gasteiger partial charge < -0.3 is 19.3 Å². The highest BCUT2D eigenvalue weighted by atomic mass is 16.7. The van der Waals surface area contributed by atoms with Crippen LogP contribution in [-0.2, 0) is 10.2 Å². The van der Waals surface area contributed by atoms with Crippen molar-refractivity contribution in [3.05, 3.63) is 30.0 Å². The number of aromatic nitrogens is 1. The molecule has 2 aromatic rings. The van der Waals surface area contributed by atoms with Crippen molar-refractivity contribution in [2.45, 2.75) is 44.6 Å². The van der Waals surface area contributed by atoms with Crippen LogP contribution in [0.3, 0.4) is 0 Å². The van der Waals surface area contributed by atoms with E-state index in [1.165, 1.54) is 0 Å². The molecule has 1 aromatic heterocycles. The summed E-state index contributed by atoms with van der Waals surface area (Å²) in [5, 5.41) is 7.22. The molecule has 1 amide bonds. The van der Waals surface area contributed by atoms with Crippen LogP contribution in [-0.4, -0.2) is 23.9 Å². The van der Waals surface area contributed by atoms with E-state index in [1.807, 2.05) is 31.2 Å². The molecule has 1 aliphatic carbocycles. The zero-order valence-corrected chi connectivity index (χ0v) is 13.8. The van der Waals surface area contributed by atoms with Crippen LogP contribution in [0.15, 0.2) is 28.8 Å².